The number of alkyl halides is 2. The zero-order valence-electron chi connectivity index (χ0n) is 16.8. The summed E-state index contributed by atoms with van der Waals surface area (Å²) in [6.45, 7) is 0.766. The van der Waals surface area contributed by atoms with E-state index in [1.807, 2.05) is 0 Å². The highest BCUT2D eigenvalue weighted by molar-refractivity contribution is 8.00. The fraction of sp³-hybridized carbons (Fsp3) is 0.550. The normalized spacial score (nSPS) is 17.8. The summed E-state index contributed by atoms with van der Waals surface area (Å²) >= 11 is 1.33. The second-order valence-electron chi connectivity index (χ2n) is 7.56. The lowest BCUT2D eigenvalue weighted by molar-refractivity contribution is -0.115. The summed E-state index contributed by atoms with van der Waals surface area (Å²) in [4.78, 5) is 15.0. The monoisotopic (exact) mass is 437 g/mol. The number of piperidine rings is 1. The Bertz CT molecular complexity index is 884. The number of thioether (sulfide) groups is 1. The minimum Gasteiger partial charge on any atom is -0.433 e. The van der Waals surface area contributed by atoms with Crippen molar-refractivity contribution in [2.75, 3.05) is 23.3 Å². The van der Waals surface area contributed by atoms with E-state index in [4.69, 9.17) is 0 Å². The summed E-state index contributed by atoms with van der Waals surface area (Å²) in [6, 6.07) is 6.55. The average molecular weight is 438 g/mol. The van der Waals surface area contributed by atoms with Crippen molar-refractivity contribution in [3.63, 3.8) is 0 Å². The molecule has 0 spiro atoms. The van der Waals surface area contributed by atoms with Crippen molar-refractivity contribution in [2.24, 2.45) is 0 Å². The number of hydrogen-bond acceptors (Lipinski definition) is 6. The summed E-state index contributed by atoms with van der Waals surface area (Å²) in [5, 5.41) is 11.7. The molecule has 7 nitrogen and oxygen atoms in total. The van der Waals surface area contributed by atoms with Gasteiger partial charge in [-0.2, -0.15) is 8.78 Å². The number of benzene rings is 1. The first kappa shape index (κ1) is 20.9. The summed E-state index contributed by atoms with van der Waals surface area (Å²) in [6.07, 6.45) is 5.72. The number of anilines is 2. The molecule has 0 bridgehead atoms. The quantitative estimate of drug-likeness (QED) is 0.620. The molecule has 2 fully saturated rings. The molecule has 1 aromatic heterocycles. The largest absolute Gasteiger partial charge is 0.433 e. The minimum absolute atomic E-state index is 0.0634. The summed E-state index contributed by atoms with van der Waals surface area (Å²) in [5.41, 5.74) is 0.216. The number of nitrogens with zero attached hydrogens (tertiary/aromatic N) is 4. The number of carbonyl (C=O) groups is 1. The van der Waals surface area contributed by atoms with Crippen molar-refractivity contribution in [3.05, 3.63) is 24.3 Å². The highest BCUT2D eigenvalue weighted by Gasteiger charge is 2.33. The first-order valence-electron chi connectivity index (χ1n) is 10.2. The molecule has 1 unspecified atom stereocenters. The van der Waals surface area contributed by atoms with Gasteiger partial charge in [0, 0.05) is 19.1 Å². The maximum absolute atomic E-state index is 12.7. The van der Waals surface area contributed by atoms with Gasteiger partial charge >= 0.3 is 6.61 Å². The second-order valence-corrected chi connectivity index (χ2v) is 8.86. The van der Waals surface area contributed by atoms with Crippen molar-refractivity contribution >= 4 is 29.3 Å². The molecule has 1 aliphatic carbocycles. The lowest BCUT2D eigenvalue weighted by Gasteiger charge is -2.28. The van der Waals surface area contributed by atoms with Gasteiger partial charge in [0.15, 0.2) is 5.16 Å². The molecule has 2 aliphatic rings. The predicted octanol–water partition coefficient (Wildman–Crippen LogP) is 4.32. The van der Waals surface area contributed by atoms with E-state index < -0.39 is 11.9 Å². The van der Waals surface area contributed by atoms with Crippen LogP contribution in [-0.4, -0.2) is 45.6 Å². The van der Waals surface area contributed by atoms with Crippen LogP contribution in [0.25, 0.3) is 0 Å². The van der Waals surface area contributed by atoms with Gasteiger partial charge in [-0.1, -0.05) is 23.9 Å². The average Bonchev–Trinajstić information content (AvgIpc) is 3.49. The van der Waals surface area contributed by atoms with Crippen LogP contribution in [0.2, 0.25) is 0 Å². The zero-order chi connectivity index (χ0) is 21.1. The lowest BCUT2D eigenvalue weighted by atomic mass is 10.1. The van der Waals surface area contributed by atoms with Crippen molar-refractivity contribution in [2.45, 2.75) is 62.1 Å². The predicted molar refractivity (Wildman–Crippen MR) is 111 cm³/mol. The minimum atomic E-state index is -2.96. The summed E-state index contributed by atoms with van der Waals surface area (Å²) < 4.78 is 31.9. The van der Waals surface area contributed by atoms with Gasteiger partial charge in [0.2, 0.25) is 11.9 Å². The molecule has 4 rings (SSSR count). The van der Waals surface area contributed by atoms with Crippen molar-refractivity contribution in [1.82, 2.24) is 14.8 Å². The van der Waals surface area contributed by atoms with Gasteiger partial charge in [-0.25, -0.2) is 0 Å². The third kappa shape index (κ3) is 4.85. The fourth-order valence-corrected chi connectivity index (χ4v) is 4.44. The summed E-state index contributed by atoms with van der Waals surface area (Å²) in [5.74, 6) is 0.518. The molecular formula is C20H25F2N5O2S. The fourth-order valence-electron chi connectivity index (χ4n) is 3.53. The van der Waals surface area contributed by atoms with Gasteiger partial charge < -0.3 is 15.0 Å². The van der Waals surface area contributed by atoms with Crippen LogP contribution >= 0.6 is 11.8 Å². The Hall–Kier alpha value is -2.36. The molecule has 10 heteroatoms. The molecule has 1 N–H and O–H groups in total. The number of ether oxygens (including phenoxy) is 1. The van der Waals surface area contributed by atoms with Gasteiger partial charge in [-0.3, -0.25) is 9.36 Å². The van der Waals surface area contributed by atoms with Crippen LogP contribution in [0.1, 0.15) is 45.1 Å². The maximum atomic E-state index is 12.7. The molecule has 162 valence electrons. The number of hydrogen-bond donors (Lipinski definition) is 1. The second kappa shape index (κ2) is 9.20. The Labute approximate surface area is 178 Å². The number of amides is 1. The van der Waals surface area contributed by atoms with Crippen LogP contribution in [0.15, 0.2) is 29.4 Å². The van der Waals surface area contributed by atoms with E-state index in [9.17, 15) is 13.6 Å². The van der Waals surface area contributed by atoms with Gasteiger partial charge in [-0.05, 0) is 51.2 Å². The molecule has 0 radical (unpaired) electrons. The molecule has 1 aromatic carbocycles. The number of halogens is 2. The smallest absolute Gasteiger partial charge is 0.387 e. The highest BCUT2D eigenvalue weighted by Crippen LogP contribution is 2.42. The van der Waals surface area contributed by atoms with Crippen LogP contribution in [0.5, 0.6) is 5.75 Å². The molecule has 1 amide bonds. The van der Waals surface area contributed by atoms with E-state index in [0.717, 1.165) is 49.9 Å². The molecule has 2 heterocycles. The SMILES string of the molecule is CC(Sc1nnc(N2CCCCC2)n1C1CC1)C(=O)Nc1ccccc1OC(F)F. The first-order valence-corrected chi connectivity index (χ1v) is 11.1. The number of rotatable bonds is 8. The van der Waals surface area contributed by atoms with E-state index in [1.54, 1.807) is 19.1 Å². The van der Waals surface area contributed by atoms with E-state index in [1.165, 1.54) is 30.3 Å². The van der Waals surface area contributed by atoms with E-state index in [0.29, 0.717) is 6.04 Å². The highest BCUT2D eigenvalue weighted by atomic mass is 32.2. The van der Waals surface area contributed by atoms with Gasteiger partial charge in [0.05, 0.1) is 10.9 Å². The Balaban J connectivity index is 1.46. The Morgan fingerprint density at radius 1 is 1.20 bits per heavy atom. The van der Waals surface area contributed by atoms with Crippen LogP contribution in [0.3, 0.4) is 0 Å². The van der Waals surface area contributed by atoms with Crippen LogP contribution < -0.4 is 15.0 Å². The Morgan fingerprint density at radius 2 is 1.93 bits per heavy atom. The number of nitrogens with one attached hydrogen (secondary N) is 1. The van der Waals surface area contributed by atoms with E-state index in [-0.39, 0.29) is 17.3 Å². The molecular weight excluding hydrogens is 412 g/mol. The lowest BCUT2D eigenvalue weighted by Crippen LogP contribution is -2.32. The standard InChI is InChI=1S/C20H25F2N5O2S/c1-13(17(28)23-15-7-3-4-8-16(15)29-18(21)22)30-20-25-24-19(27(20)14-9-10-14)26-11-5-2-6-12-26/h3-4,7-8,13-14,18H,2,5-6,9-12H2,1H3,(H,23,28). The van der Waals surface area contributed by atoms with E-state index in [2.05, 4.69) is 29.7 Å². The van der Waals surface area contributed by atoms with Gasteiger partial charge in [0.25, 0.3) is 0 Å². The topological polar surface area (TPSA) is 72.3 Å². The third-order valence-corrected chi connectivity index (χ3v) is 6.27. The van der Waals surface area contributed by atoms with Crippen LogP contribution in [-0.2, 0) is 4.79 Å². The first-order chi connectivity index (χ1) is 14.5. The van der Waals surface area contributed by atoms with Crippen LogP contribution in [0.4, 0.5) is 20.4 Å². The van der Waals surface area contributed by atoms with E-state index >= 15 is 0 Å². The summed E-state index contributed by atoms with van der Waals surface area (Å²) in [7, 11) is 0. The van der Waals surface area contributed by atoms with Crippen molar-refractivity contribution < 1.29 is 18.3 Å². The molecule has 1 saturated heterocycles. The Kier molecular flexibility index (Phi) is 6.40. The number of aromatic nitrogens is 3. The van der Waals surface area contributed by atoms with Crippen molar-refractivity contribution in [3.8, 4) is 5.75 Å². The van der Waals surface area contributed by atoms with Gasteiger partial charge in [0.1, 0.15) is 5.75 Å². The number of para-hydroxylation sites is 2. The van der Waals surface area contributed by atoms with Crippen LogP contribution in [0, 0.1) is 0 Å². The molecule has 2 aromatic rings. The molecule has 1 aliphatic heterocycles. The zero-order valence-corrected chi connectivity index (χ0v) is 17.6. The molecule has 1 atom stereocenters. The number of carbonyl (C=O) groups excluding carboxylic acids is 1. The maximum Gasteiger partial charge on any atom is 0.387 e. The Morgan fingerprint density at radius 3 is 2.63 bits per heavy atom. The third-order valence-electron chi connectivity index (χ3n) is 5.21. The van der Waals surface area contributed by atoms with Gasteiger partial charge in [-0.15, -0.1) is 10.2 Å². The molecule has 1 saturated carbocycles. The van der Waals surface area contributed by atoms with Crippen molar-refractivity contribution in [1.29, 1.82) is 0 Å². The molecule has 30 heavy (non-hydrogen) atoms.